The summed E-state index contributed by atoms with van der Waals surface area (Å²) in [4.78, 5) is 0. The van der Waals surface area contributed by atoms with Crippen molar-refractivity contribution in [3.05, 3.63) is 182 Å². The van der Waals surface area contributed by atoms with Crippen molar-refractivity contribution < 1.29 is 4.42 Å². The molecule has 0 spiro atoms. The molecule has 0 unspecified atom stereocenters. The van der Waals surface area contributed by atoms with Crippen LogP contribution in [0.3, 0.4) is 0 Å². The van der Waals surface area contributed by atoms with Crippen LogP contribution in [0.1, 0.15) is 0 Å². The molecule has 0 N–H and O–H groups in total. The van der Waals surface area contributed by atoms with Crippen molar-refractivity contribution in [2.45, 2.75) is 0 Å². The van der Waals surface area contributed by atoms with Crippen molar-refractivity contribution in [2.24, 2.45) is 0 Å². The Bertz CT molecular complexity index is 3130. The van der Waals surface area contributed by atoms with Gasteiger partial charge in [-0.15, -0.1) is 0 Å². The number of benzene rings is 8. The lowest BCUT2D eigenvalue weighted by atomic mass is 10.0. The van der Waals surface area contributed by atoms with E-state index in [0.717, 1.165) is 44.3 Å². The van der Waals surface area contributed by atoms with Crippen LogP contribution in [0.5, 0.6) is 0 Å². The van der Waals surface area contributed by atoms with Gasteiger partial charge in [0, 0.05) is 43.7 Å². The number of aromatic nitrogens is 2. The van der Waals surface area contributed by atoms with E-state index in [2.05, 4.69) is 185 Å². The molecule has 3 aromatic heterocycles. The molecule has 3 nitrogen and oxygen atoms in total. The summed E-state index contributed by atoms with van der Waals surface area (Å²) in [7, 11) is 0. The fourth-order valence-corrected chi connectivity index (χ4v) is 8.19. The summed E-state index contributed by atoms with van der Waals surface area (Å²) >= 11 is 0. The zero-order valence-corrected chi connectivity index (χ0v) is 27.6. The van der Waals surface area contributed by atoms with Gasteiger partial charge in [-0.05, 0) is 89.0 Å². The first-order chi connectivity index (χ1) is 25.3. The maximum absolute atomic E-state index is 6.61. The SMILES string of the molecule is c1ccc(-c2cccc(-n3c4ccccc4c4cc(-c5ccc6c(c5)c5ccc7c8ccccc8oc7c5n6-c5ccccc5)ccc43)c2)cc1. The van der Waals surface area contributed by atoms with Crippen molar-refractivity contribution in [2.75, 3.05) is 0 Å². The topological polar surface area (TPSA) is 23.0 Å². The van der Waals surface area contributed by atoms with E-state index in [4.69, 9.17) is 4.42 Å². The predicted octanol–water partition coefficient (Wildman–Crippen LogP) is 13.1. The summed E-state index contributed by atoms with van der Waals surface area (Å²) < 4.78 is 11.4. The Morgan fingerprint density at radius 1 is 0.314 bits per heavy atom. The van der Waals surface area contributed by atoms with Gasteiger partial charge in [0.15, 0.2) is 5.58 Å². The number of hydrogen-bond donors (Lipinski definition) is 0. The molecule has 238 valence electrons. The minimum atomic E-state index is 0.907. The molecule has 11 rings (SSSR count). The summed E-state index contributed by atoms with van der Waals surface area (Å²) in [6, 6.07) is 65.5. The average molecular weight is 651 g/mol. The van der Waals surface area contributed by atoms with E-state index in [0.29, 0.717) is 0 Å². The molecule has 3 heterocycles. The van der Waals surface area contributed by atoms with E-state index >= 15 is 0 Å². The van der Waals surface area contributed by atoms with Gasteiger partial charge >= 0.3 is 0 Å². The van der Waals surface area contributed by atoms with Gasteiger partial charge in [-0.1, -0.05) is 115 Å². The summed E-state index contributed by atoms with van der Waals surface area (Å²) in [6.07, 6.45) is 0. The summed E-state index contributed by atoms with van der Waals surface area (Å²) in [5.41, 5.74) is 13.5. The Morgan fingerprint density at radius 2 is 0.882 bits per heavy atom. The second-order valence-corrected chi connectivity index (χ2v) is 13.3. The number of furan rings is 1. The molecule has 0 aliphatic heterocycles. The first-order valence-corrected chi connectivity index (χ1v) is 17.4. The van der Waals surface area contributed by atoms with Crippen LogP contribution < -0.4 is 0 Å². The number of rotatable bonds is 4. The Balaban J connectivity index is 1.12. The van der Waals surface area contributed by atoms with Gasteiger partial charge in [-0.25, -0.2) is 0 Å². The van der Waals surface area contributed by atoms with Crippen molar-refractivity contribution in [1.29, 1.82) is 0 Å². The Labute approximate surface area is 293 Å². The van der Waals surface area contributed by atoms with Crippen LogP contribution in [0.15, 0.2) is 186 Å². The highest BCUT2D eigenvalue weighted by Crippen LogP contribution is 2.42. The molecular weight excluding hydrogens is 621 g/mol. The van der Waals surface area contributed by atoms with Crippen molar-refractivity contribution in [3.63, 3.8) is 0 Å². The number of fused-ring (bicyclic) bond motifs is 10. The number of hydrogen-bond acceptors (Lipinski definition) is 1. The van der Waals surface area contributed by atoms with Crippen molar-refractivity contribution in [1.82, 2.24) is 9.13 Å². The van der Waals surface area contributed by atoms with Gasteiger partial charge < -0.3 is 13.6 Å². The fraction of sp³-hybridized carbons (Fsp3) is 0. The third-order valence-electron chi connectivity index (χ3n) is 10.5. The van der Waals surface area contributed by atoms with Gasteiger partial charge in [0.05, 0.1) is 22.1 Å². The fourth-order valence-electron chi connectivity index (χ4n) is 8.19. The monoisotopic (exact) mass is 650 g/mol. The second kappa shape index (κ2) is 10.8. The lowest BCUT2D eigenvalue weighted by Gasteiger charge is -2.11. The van der Waals surface area contributed by atoms with Crippen LogP contribution in [0, 0.1) is 0 Å². The van der Waals surface area contributed by atoms with Crippen LogP contribution >= 0.6 is 0 Å². The van der Waals surface area contributed by atoms with Gasteiger partial charge in [0.2, 0.25) is 0 Å². The first kappa shape index (κ1) is 28.0. The molecule has 0 aliphatic carbocycles. The van der Waals surface area contributed by atoms with Gasteiger partial charge in [0.25, 0.3) is 0 Å². The zero-order valence-electron chi connectivity index (χ0n) is 27.6. The minimum Gasteiger partial charge on any atom is -0.454 e. The Morgan fingerprint density at radius 3 is 1.69 bits per heavy atom. The van der Waals surface area contributed by atoms with Crippen LogP contribution in [-0.2, 0) is 0 Å². The molecule has 11 aromatic rings. The highest BCUT2D eigenvalue weighted by molar-refractivity contribution is 6.22. The predicted molar refractivity (Wildman–Crippen MR) is 213 cm³/mol. The summed E-state index contributed by atoms with van der Waals surface area (Å²) in [6.45, 7) is 0. The van der Waals surface area contributed by atoms with Crippen LogP contribution in [-0.4, -0.2) is 9.13 Å². The Hall–Kier alpha value is -6.84. The van der Waals surface area contributed by atoms with Crippen LogP contribution in [0.25, 0.3) is 99.2 Å². The molecule has 0 fully saturated rings. The molecule has 0 bridgehead atoms. The van der Waals surface area contributed by atoms with Gasteiger partial charge in [-0.2, -0.15) is 0 Å². The minimum absolute atomic E-state index is 0.907. The van der Waals surface area contributed by atoms with E-state index in [1.54, 1.807) is 0 Å². The molecule has 0 saturated heterocycles. The maximum atomic E-state index is 6.61. The normalized spacial score (nSPS) is 11.9. The first-order valence-electron chi connectivity index (χ1n) is 17.4. The highest BCUT2D eigenvalue weighted by Gasteiger charge is 2.20. The highest BCUT2D eigenvalue weighted by atomic mass is 16.3. The Kier molecular flexibility index (Phi) is 5.96. The smallest absolute Gasteiger partial charge is 0.160 e. The molecular formula is C48H30N2O. The third-order valence-corrected chi connectivity index (χ3v) is 10.5. The van der Waals surface area contributed by atoms with E-state index in [1.807, 2.05) is 6.07 Å². The van der Waals surface area contributed by atoms with Crippen molar-refractivity contribution >= 4 is 65.6 Å². The molecule has 0 aliphatic rings. The molecule has 0 radical (unpaired) electrons. The lowest BCUT2D eigenvalue weighted by Crippen LogP contribution is -1.94. The standard InChI is InChI=1S/C48H30N2O/c1-3-12-31(13-4-1)32-14-11-17-36(28-32)49-43-20-9-7-18-37(43)41-29-33(22-26-44(41)49)34-23-27-45-42(30-34)39-24-25-40-38-19-8-10-21-46(38)51-48(40)47(39)50(45)35-15-5-2-6-16-35/h1-30H. The lowest BCUT2D eigenvalue weighted by molar-refractivity contribution is 0.671. The molecule has 8 aromatic carbocycles. The summed E-state index contributed by atoms with van der Waals surface area (Å²) in [5, 5.41) is 7.14. The second-order valence-electron chi connectivity index (χ2n) is 13.3. The molecule has 0 amide bonds. The van der Waals surface area contributed by atoms with Crippen molar-refractivity contribution in [3.8, 4) is 33.6 Å². The van der Waals surface area contributed by atoms with Gasteiger partial charge in [0.1, 0.15) is 5.58 Å². The van der Waals surface area contributed by atoms with Crippen LogP contribution in [0.2, 0.25) is 0 Å². The average Bonchev–Trinajstić information content (AvgIpc) is 3.86. The molecule has 51 heavy (non-hydrogen) atoms. The molecule has 3 heteroatoms. The van der Waals surface area contributed by atoms with E-state index in [1.165, 1.54) is 54.8 Å². The van der Waals surface area contributed by atoms with E-state index < -0.39 is 0 Å². The molecule has 0 atom stereocenters. The van der Waals surface area contributed by atoms with Gasteiger partial charge in [-0.3, -0.25) is 0 Å². The third kappa shape index (κ3) is 4.19. The van der Waals surface area contributed by atoms with E-state index in [9.17, 15) is 0 Å². The zero-order chi connectivity index (χ0) is 33.5. The maximum Gasteiger partial charge on any atom is 0.160 e. The number of nitrogens with zero attached hydrogens (tertiary/aromatic N) is 2. The van der Waals surface area contributed by atoms with E-state index in [-0.39, 0.29) is 0 Å². The number of para-hydroxylation sites is 3. The van der Waals surface area contributed by atoms with Crippen LogP contribution in [0.4, 0.5) is 0 Å². The summed E-state index contributed by atoms with van der Waals surface area (Å²) in [5.74, 6) is 0. The molecule has 0 saturated carbocycles. The largest absolute Gasteiger partial charge is 0.454 e. The quantitative estimate of drug-likeness (QED) is 0.186.